The van der Waals surface area contributed by atoms with E-state index in [9.17, 15) is 4.79 Å². The van der Waals surface area contributed by atoms with Crippen molar-refractivity contribution in [3.05, 3.63) is 59.3 Å². The topological polar surface area (TPSA) is 98.7 Å². The van der Waals surface area contributed by atoms with Crippen LogP contribution in [0.25, 0.3) is 10.9 Å². The molecule has 7 heteroatoms. The molecule has 1 aromatic heterocycles. The van der Waals surface area contributed by atoms with Crippen LogP contribution in [-0.2, 0) is 13.0 Å². The van der Waals surface area contributed by atoms with E-state index >= 15 is 0 Å². The van der Waals surface area contributed by atoms with Crippen molar-refractivity contribution >= 4 is 16.8 Å². The summed E-state index contributed by atoms with van der Waals surface area (Å²) >= 11 is 0. The summed E-state index contributed by atoms with van der Waals surface area (Å²) in [5, 5.41) is 13.6. The maximum absolute atomic E-state index is 12.2. The minimum atomic E-state index is -0.442. The van der Waals surface area contributed by atoms with Gasteiger partial charge in [0.1, 0.15) is 6.61 Å². The summed E-state index contributed by atoms with van der Waals surface area (Å²) in [6.45, 7) is 13.1. The number of aliphatic hydroxyl groups excluding tert-OH is 1. The summed E-state index contributed by atoms with van der Waals surface area (Å²) in [5.41, 5.74) is 9.31. The number of fused-ring (bicyclic) bond motifs is 1. The predicted molar refractivity (Wildman–Crippen MR) is 145 cm³/mol. The van der Waals surface area contributed by atoms with Crippen molar-refractivity contribution in [2.24, 2.45) is 11.1 Å². The van der Waals surface area contributed by atoms with Crippen LogP contribution in [0.4, 0.5) is 0 Å². The Kier molecular flexibility index (Phi) is 9.40. The van der Waals surface area contributed by atoms with Crippen LogP contribution in [0, 0.1) is 12.3 Å². The molecule has 4 N–H and O–H groups in total. The summed E-state index contributed by atoms with van der Waals surface area (Å²) in [6, 6.07) is 12.2. The van der Waals surface area contributed by atoms with Crippen molar-refractivity contribution in [2.75, 3.05) is 26.4 Å². The van der Waals surface area contributed by atoms with Gasteiger partial charge in [0, 0.05) is 37.3 Å². The van der Waals surface area contributed by atoms with Crippen molar-refractivity contribution in [1.82, 2.24) is 9.88 Å². The Bertz CT molecular complexity index is 1160. The van der Waals surface area contributed by atoms with E-state index in [4.69, 9.17) is 20.3 Å². The second kappa shape index (κ2) is 12.3. The second-order valence-electron chi connectivity index (χ2n) is 10.7. The zero-order valence-electron chi connectivity index (χ0n) is 22.3. The monoisotopic (exact) mass is 495 g/mol. The van der Waals surface area contributed by atoms with Gasteiger partial charge in [-0.1, -0.05) is 26.8 Å². The molecule has 2 aromatic carbocycles. The van der Waals surface area contributed by atoms with E-state index in [0.29, 0.717) is 38.3 Å². The normalized spacial score (nSPS) is 12.6. The Morgan fingerprint density at radius 1 is 1.14 bits per heavy atom. The average Bonchev–Trinajstić information content (AvgIpc) is 3.21. The van der Waals surface area contributed by atoms with E-state index in [0.717, 1.165) is 39.9 Å². The number of nitrogens with one attached hydrogen (secondary N) is 1. The van der Waals surface area contributed by atoms with E-state index in [-0.39, 0.29) is 18.1 Å². The zero-order chi connectivity index (χ0) is 26.3. The molecule has 196 valence electrons. The second-order valence-corrected chi connectivity index (χ2v) is 10.7. The van der Waals surface area contributed by atoms with Gasteiger partial charge in [-0.05, 0) is 73.6 Å². The summed E-state index contributed by atoms with van der Waals surface area (Å²) < 4.78 is 14.0. The molecule has 0 saturated heterocycles. The number of ether oxygens (including phenoxy) is 2. The highest BCUT2D eigenvalue weighted by molar-refractivity contribution is 6.05. The fourth-order valence-corrected chi connectivity index (χ4v) is 4.18. The first-order chi connectivity index (χ1) is 17.1. The highest BCUT2D eigenvalue weighted by Gasteiger charge is 2.16. The highest BCUT2D eigenvalue weighted by atomic mass is 16.5. The molecule has 0 aliphatic heterocycles. The number of aryl methyl sites for hydroxylation is 2. The van der Waals surface area contributed by atoms with Crippen molar-refractivity contribution in [2.45, 2.75) is 60.0 Å². The summed E-state index contributed by atoms with van der Waals surface area (Å²) in [4.78, 5) is 12.2. The molecule has 0 spiro atoms. The average molecular weight is 496 g/mol. The quantitative estimate of drug-likeness (QED) is 0.304. The fraction of sp³-hybridized carbons (Fsp3) is 0.483. The van der Waals surface area contributed by atoms with Gasteiger partial charge in [0.25, 0.3) is 5.91 Å². The van der Waals surface area contributed by atoms with Gasteiger partial charge >= 0.3 is 0 Å². The number of aliphatic hydroxyl groups is 1. The summed E-state index contributed by atoms with van der Waals surface area (Å²) in [7, 11) is 0. The van der Waals surface area contributed by atoms with Crippen LogP contribution in [0.15, 0.2) is 42.6 Å². The molecule has 3 aromatic rings. The van der Waals surface area contributed by atoms with Crippen molar-refractivity contribution in [3.63, 3.8) is 0 Å². The van der Waals surface area contributed by atoms with Gasteiger partial charge in [0.05, 0.1) is 17.7 Å². The Morgan fingerprint density at radius 3 is 2.61 bits per heavy atom. The minimum absolute atomic E-state index is 0.0669. The lowest BCUT2D eigenvalue weighted by molar-refractivity contribution is 0.100. The standard InChI is InChI=1S/C29H41N3O4/c1-20-7-8-25(26(15-20)36-19-29(3,4)5)35-14-10-31-21(2)16-22-17-23-9-12-32(11-6-13-33)27(23)24(18-22)28(30)34/h7-9,12,15,17-18,21,31,33H,6,10-11,13-14,16,19H2,1-5H3,(H2,30,34)/t21-/m1/s1. The number of hydrogen-bond donors (Lipinski definition) is 3. The molecule has 1 amide bonds. The molecular weight excluding hydrogens is 454 g/mol. The van der Waals surface area contributed by atoms with E-state index in [1.165, 1.54) is 0 Å². The minimum Gasteiger partial charge on any atom is -0.489 e. The van der Waals surface area contributed by atoms with Crippen LogP contribution in [0.1, 0.15) is 55.6 Å². The van der Waals surface area contributed by atoms with Crippen LogP contribution in [0.3, 0.4) is 0 Å². The Labute approximate surface area is 214 Å². The maximum Gasteiger partial charge on any atom is 0.250 e. The Morgan fingerprint density at radius 2 is 1.92 bits per heavy atom. The molecule has 0 aliphatic rings. The third-order valence-corrected chi connectivity index (χ3v) is 5.90. The first-order valence-electron chi connectivity index (χ1n) is 12.7. The van der Waals surface area contributed by atoms with Crippen LogP contribution < -0.4 is 20.5 Å². The number of nitrogens with two attached hydrogens (primary N) is 1. The number of hydrogen-bond acceptors (Lipinski definition) is 5. The van der Waals surface area contributed by atoms with Crippen LogP contribution in [0.5, 0.6) is 11.5 Å². The molecule has 36 heavy (non-hydrogen) atoms. The lowest BCUT2D eigenvalue weighted by Gasteiger charge is -2.21. The predicted octanol–water partition coefficient (Wildman–Crippen LogP) is 4.46. The molecule has 0 radical (unpaired) electrons. The molecule has 1 heterocycles. The SMILES string of the molecule is Cc1ccc(OCCN[C@H](C)Cc2cc(C(N)=O)c3c(ccn3CCCO)c2)c(OCC(C)(C)C)c1. The molecule has 0 aliphatic carbocycles. The molecule has 0 saturated carbocycles. The van der Waals surface area contributed by atoms with Gasteiger partial charge in [-0.25, -0.2) is 0 Å². The molecule has 0 unspecified atom stereocenters. The number of benzene rings is 2. The molecule has 0 bridgehead atoms. The molecule has 7 nitrogen and oxygen atoms in total. The van der Waals surface area contributed by atoms with E-state index in [1.807, 2.05) is 48.0 Å². The van der Waals surface area contributed by atoms with E-state index < -0.39 is 5.91 Å². The Balaban J connectivity index is 1.58. The van der Waals surface area contributed by atoms with E-state index in [2.05, 4.69) is 39.1 Å². The first kappa shape index (κ1) is 27.6. The number of rotatable bonds is 13. The molecule has 1 atom stereocenters. The van der Waals surface area contributed by atoms with Gasteiger partial charge in [-0.3, -0.25) is 4.79 Å². The van der Waals surface area contributed by atoms with Crippen molar-refractivity contribution in [3.8, 4) is 11.5 Å². The van der Waals surface area contributed by atoms with Gasteiger partial charge in [0.15, 0.2) is 11.5 Å². The number of carbonyl (C=O) groups is 1. The summed E-state index contributed by atoms with van der Waals surface area (Å²) in [6.07, 6.45) is 3.32. The van der Waals surface area contributed by atoms with Crippen LogP contribution in [-0.4, -0.2) is 48.0 Å². The van der Waals surface area contributed by atoms with Crippen LogP contribution >= 0.6 is 0 Å². The smallest absolute Gasteiger partial charge is 0.250 e. The highest BCUT2D eigenvalue weighted by Crippen LogP contribution is 2.30. The van der Waals surface area contributed by atoms with Crippen LogP contribution in [0.2, 0.25) is 0 Å². The van der Waals surface area contributed by atoms with Gasteiger partial charge in [0.2, 0.25) is 0 Å². The first-order valence-corrected chi connectivity index (χ1v) is 12.7. The summed E-state index contributed by atoms with van der Waals surface area (Å²) in [5.74, 6) is 1.08. The third-order valence-electron chi connectivity index (χ3n) is 5.90. The molecular formula is C29H41N3O4. The van der Waals surface area contributed by atoms with Gasteiger partial charge < -0.3 is 30.2 Å². The van der Waals surface area contributed by atoms with Gasteiger partial charge in [-0.15, -0.1) is 0 Å². The zero-order valence-corrected chi connectivity index (χ0v) is 22.3. The number of carbonyl (C=O) groups excluding carboxylic acids is 1. The number of primary amides is 1. The lowest BCUT2D eigenvalue weighted by Crippen LogP contribution is -2.32. The van der Waals surface area contributed by atoms with Gasteiger partial charge in [-0.2, -0.15) is 0 Å². The Hall–Kier alpha value is -3.03. The van der Waals surface area contributed by atoms with E-state index in [1.54, 1.807) is 0 Å². The number of nitrogens with zero attached hydrogens (tertiary/aromatic N) is 1. The maximum atomic E-state index is 12.2. The molecule has 0 fully saturated rings. The number of aromatic nitrogens is 1. The third kappa shape index (κ3) is 7.73. The largest absolute Gasteiger partial charge is 0.489 e. The van der Waals surface area contributed by atoms with Crippen molar-refractivity contribution in [1.29, 1.82) is 0 Å². The lowest BCUT2D eigenvalue weighted by atomic mass is 9.99. The molecule has 3 rings (SSSR count). The fourth-order valence-electron chi connectivity index (χ4n) is 4.18. The number of amides is 1. The van der Waals surface area contributed by atoms with Crippen molar-refractivity contribution < 1.29 is 19.4 Å².